The molecule has 5 nitrogen and oxygen atoms in total. The van der Waals surface area contributed by atoms with Gasteiger partial charge in [0.15, 0.2) is 5.69 Å². The molecule has 2 heterocycles. The number of hydrogen-bond acceptors (Lipinski definition) is 3. The largest absolute Gasteiger partial charge is 0.435 e. The van der Waals surface area contributed by atoms with Gasteiger partial charge in [-0.25, -0.2) is 0 Å². The van der Waals surface area contributed by atoms with E-state index in [1.165, 1.54) is 0 Å². The van der Waals surface area contributed by atoms with Crippen molar-refractivity contribution in [3.05, 3.63) is 51.8 Å². The molecule has 0 aliphatic carbocycles. The summed E-state index contributed by atoms with van der Waals surface area (Å²) in [5, 5.41) is 4.30. The fourth-order valence-corrected chi connectivity index (χ4v) is 4.62. The highest BCUT2D eigenvalue weighted by Gasteiger charge is 2.39. The van der Waals surface area contributed by atoms with E-state index in [4.69, 9.17) is 17.3 Å². The fraction of sp³-hybridized carbons (Fsp3) is 0.474. The van der Waals surface area contributed by atoms with Gasteiger partial charge in [-0.15, -0.1) is 0 Å². The van der Waals surface area contributed by atoms with Gasteiger partial charge in [-0.05, 0) is 37.5 Å². The van der Waals surface area contributed by atoms with Crippen molar-refractivity contribution in [1.29, 1.82) is 0 Å². The number of likely N-dealkylation sites (tertiary alicyclic amines) is 1. The second kappa shape index (κ2) is 8.43. The van der Waals surface area contributed by atoms with Crippen molar-refractivity contribution in [2.24, 2.45) is 5.73 Å². The molecule has 1 aliphatic heterocycles. The van der Waals surface area contributed by atoms with Crippen LogP contribution in [0.15, 0.2) is 24.3 Å². The number of amides is 1. The Labute approximate surface area is 185 Å². The van der Waals surface area contributed by atoms with E-state index in [9.17, 15) is 18.0 Å². The van der Waals surface area contributed by atoms with Gasteiger partial charge >= 0.3 is 6.18 Å². The van der Waals surface area contributed by atoms with E-state index in [0.29, 0.717) is 36.6 Å². The van der Waals surface area contributed by atoms with E-state index in [1.54, 1.807) is 24.0 Å². The predicted molar refractivity (Wildman–Crippen MR) is 113 cm³/mol. The molecular weight excluding hydrogens is 520 g/mol. The summed E-state index contributed by atoms with van der Waals surface area (Å²) in [5.41, 5.74) is 6.51. The highest BCUT2D eigenvalue weighted by atomic mass is 127. The second-order valence-corrected chi connectivity index (χ2v) is 8.44. The standard InChI is InChI=1S/C19H21ClF3IN4O/c1-12-15(10-24)17(19(21,22)23)26-28(12)11-16(29)27-8-6-18(25,7-9-27)13-2-4-14(20)5-3-13/h2-5H,6-11,25H2,1H3. The third-order valence-corrected chi connectivity index (χ3v) is 6.46. The molecule has 2 N–H and O–H groups in total. The molecule has 0 saturated carbocycles. The molecule has 1 aromatic heterocycles. The third kappa shape index (κ3) is 4.72. The van der Waals surface area contributed by atoms with Gasteiger partial charge in [-0.2, -0.15) is 18.3 Å². The van der Waals surface area contributed by atoms with Gasteiger partial charge in [0.1, 0.15) is 6.54 Å². The number of piperidine rings is 1. The first-order valence-electron chi connectivity index (χ1n) is 9.07. The number of carbonyl (C=O) groups is 1. The van der Waals surface area contributed by atoms with Gasteiger partial charge in [0.2, 0.25) is 5.91 Å². The summed E-state index contributed by atoms with van der Waals surface area (Å²) in [5.74, 6) is -0.262. The van der Waals surface area contributed by atoms with Crippen LogP contribution >= 0.6 is 34.2 Å². The minimum absolute atomic E-state index is 0.119. The van der Waals surface area contributed by atoms with Crippen molar-refractivity contribution in [2.75, 3.05) is 13.1 Å². The molecule has 0 unspecified atom stereocenters. The fourth-order valence-electron chi connectivity index (χ4n) is 3.58. The van der Waals surface area contributed by atoms with E-state index in [2.05, 4.69) is 5.10 Å². The molecule has 0 atom stereocenters. The van der Waals surface area contributed by atoms with Gasteiger partial charge in [0.25, 0.3) is 0 Å². The molecule has 1 saturated heterocycles. The summed E-state index contributed by atoms with van der Waals surface area (Å²) >= 11 is 7.80. The Hall–Kier alpha value is -1.33. The lowest BCUT2D eigenvalue weighted by atomic mass is 9.82. The van der Waals surface area contributed by atoms with Crippen molar-refractivity contribution in [1.82, 2.24) is 14.7 Å². The van der Waals surface area contributed by atoms with Crippen LogP contribution < -0.4 is 5.73 Å². The van der Waals surface area contributed by atoms with E-state index >= 15 is 0 Å². The van der Waals surface area contributed by atoms with Crippen LogP contribution in [0.1, 0.15) is 35.4 Å². The topological polar surface area (TPSA) is 64.2 Å². The lowest BCUT2D eigenvalue weighted by Crippen LogP contribution is -2.50. The number of hydrogen-bond donors (Lipinski definition) is 1. The maximum Gasteiger partial charge on any atom is 0.435 e. The summed E-state index contributed by atoms with van der Waals surface area (Å²) in [7, 11) is 0. The number of nitrogens with zero attached hydrogens (tertiary/aromatic N) is 3. The lowest BCUT2D eigenvalue weighted by Gasteiger charge is -2.39. The zero-order valence-corrected chi connectivity index (χ0v) is 18.7. The Bertz CT molecular complexity index is 890. The second-order valence-electron chi connectivity index (χ2n) is 7.25. The summed E-state index contributed by atoms with van der Waals surface area (Å²) in [4.78, 5) is 14.3. The molecule has 3 rings (SSSR count). The van der Waals surface area contributed by atoms with Crippen LogP contribution in [-0.2, 0) is 27.5 Å². The SMILES string of the molecule is Cc1c(CI)c(C(F)(F)F)nn1CC(=O)N1CCC(N)(c2ccc(Cl)cc2)CC1. The van der Waals surface area contributed by atoms with Gasteiger partial charge in [0, 0.05) is 39.3 Å². The average Bonchev–Trinajstić information content (AvgIpc) is 2.98. The number of halogens is 5. The maximum absolute atomic E-state index is 13.2. The normalized spacial score (nSPS) is 16.9. The van der Waals surface area contributed by atoms with E-state index in [-0.39, 0.29) is 22.4 Å². The highest BCUT2D eigenvalue weighted by Crippen LogP contribution is 2.34. The molecule has 1 aromatic carbocycles. The summed E-state index contributed by atoms with van der Waals surface area (Å²) < 4.78 is 40.9. The Kier molecular flexibility index (Phi) is 6.50. The number of carbonyl (C=O) groups excluding carboxylic acids is 1. The zero-order chi connectivity index (χ0) is 21.4. The molecule has 2 aromatic rings. The predicted octanol–water partition coefficient (Wildman–Crippen LogP) is 4.28. The third-order valence-electron chi connectivity index (χ3n) is 5.45. The van der Waals surface area contributed by atoms with Crippen molar-refractivity contribution in [3.8, 4) is 0 Å². The molecule has 158 valence electrons. The first kappa shape index (κ1) is 22.4. The van der Waals surface area contributed by atoms with Crippen LogP contribution in [0.5, 0.6) is 0 Å². The molecule has 1 amide bonds. The first-order chi connectivity index (χ1) is 13.5. The molecule has 10 heteroatoms. The molecular formula is C19H21ClF3IN4O. The highest BCUT2D eigenvalue weighted by molar-refractivity contribution is 14.1. The molecule has 29 heavy (non-hydrogen) atoms. The van der Waals surface area contributed by atoms with Gasteiger partial charge in [0.05, 0.1) is 0 Å². The number of alkyl halides is 4. The minimum atomic E-state index is -4.54. The summed E-state index contributed by atoms with van der Waals surface area (Å²) in [6.07, 6.45) is -3.42. The molecule has 0 bridgehead atoms. The van der Waals surface area contributed by atoms with E-state index < -0.39 is 17.4 Å². The Balaban J connectivity index is 1.69. The monoisotopic (exact) mass is 540 g/mol. The molecule has 1 fully saturated rings. The Morgan fingerprint density at radius 2 is 1.86 bits per heavy atom. The molecule has 0 radical (unpaired) electrons. The Morgan fingerprint density at radius 1 is 1.28 bits per heavy atom. The first-order valence-corrected chi connectivity index (χ1v) is 11.0. The maximum atomic E-state index is 13.2. The van der Waals surface area contributed by atoms with Crippen LogP contribution in [0.2, 0.25) is 5.02 Å². The number of rotatable bonds is 4. The van der Waals surface area contributed by atoms with Crippen molar-refractivity contribution in [2.45, 2.75) is 42.5 Å². The lowest BCUT2D eigenvalue weighted by molar-refractivity contribution is -0.142. The van der Waals surface area contributed by atoms with Crippen LogP contribution in [0.25, 0.3) is 0 Å². The van der Waals surface area contributed by atoms with Gasteiger partial charge in [-0.3, -0.25) is 9.48 Å². The summed E-state index contributed by atoms with van der Waals surface area (Å²) in [6, 6.07) is 7.34. The quantitative estimate of drug-likeness (QED) is 0.465. The van der Waals surface area contributed by atoms with Gasteiger partial charge in [-0.1, -0.05) is 46.3 Å². The van der Waals surface area contributed by atoms with E-state index in [0.717, 1.165) is 10.2 Å². The van der Waals surface area contributed by atoms with Crippen LogP contribution in [-0.4, -0.2) is 33.7 Å². The van der Waals surface area contributed by atoms with Crippen LogP contribution in [0.4, 0.5) is 13.2 Å². The Morgan fingerprint density at radius 3 is 2.34 bits per heavy atom. The van der Waals surface area contributed by atoms with Gasteiger partial charge < -0.3 is 10.6 Å². The number of aromatic nitrogens is 2. The van der Waals surface area contributed by atoms with Crippen molar-refractivity contribution < 1.29 is 18.0 Å². The molecule has 1 aliphatic rings. The smallest absolute Gasteiger partial charge is 0.341 e. The minimum Gasteiger partial charge on any atom is -0.341 e. The zero-order valence-electron chi connectivity index (χ0n) is 15.8. The van der Waals surface area contributed by atoms with Crippen LogP contribution in [0, 0.1) is 6.92 Å². The summed E-state index contributed by atoms with van der Waals surface area (Å²) in [6.45, 7) is 2.21. The van der Waals surface area contributed by atoms with E-state index in [1.807, 2.05) is 34.7 Å². The number of nitrogens with two attached hydrogens (primary N) is 1. The number of benzene rings is 1. The average molecular weight is 541 g/mol. The van der Waals surface area contributed by atoms with Crippen LogP contribution in [0.3, 0.4) is 0 Å². The van der Waals surface area contributed by atoms with Crippen molar-refractivity contribution >= 4 is 40.1 Å². The van der Waals surface area contributed by atoms with Crippen molar-refractivity contribution in [3.63, 3.8) is 0 Å². The molecule has 0 spiro atoms.